The Bertz CT molecular complexity index is 464. The van der Waals surface area contributed by atoms with Gasteiger partial charge in [0.1, 0.15) is 0 Å². The molecule has 22 heavy (non-hydrogen) atoms. The Balaban J connectivity index is 2.04. The summed E-state index contributed by atoms with van der Waals surface area (Å²) in [5, 5.41) is 8.24. The topological polar surface area (TPSA) is 57.3 Å². The van der Waals surface area contributed by atoms with Crippen LogP contribution in [0.4, 0.5) is 18.0 Å². The Labute approximate surface area is 131 Å². The van der Waals surface area contributed by atoms with Crippen molar-refractivity contribution in [3.05, 3.63) is 16.1 Å². The molecule has 0 fully saturated rings. The smallest absolute Gasteiger partial charge is 0.338 e. The SMILES string of the molecule is Cc1nc(CCNC(=O)NCCCN(C)CC(F)(F)F)cs1. The van der Waals surface area contributed by atoms with E-state index in [1.54, 1.807) is 11.3 Å². The van der Waals surface area contributed by atoms with Gasteiger partial charge in [-0.25, -0.2) is 9.78 Å². The van der Waals surface area contributed by atoms with E-state index in [1.165, 1.54) is 11.9 Å². The van der Waals surface area contributed by atoms with E-state index in [-0.39, 0.29) is 12.6 Å². The van der Waals surface area contributed by atoms with Crippen molar-refractivity contribution in [3.8, 4) is 0 Å². The molecule has 1 heterocycles. The minimum absolute atomic E-state index is 0.276. The fourth-order valence-electron chi connectivity index (χ4n) is 1.83. The lowest BCUT2D eigenvalue weighted by Crippen LogP contribution is -2.38. The maximum Gasteiger partial charge on any atom is 0.401 e. The highest BCUT2D eigenvalue weighted by atomic mass is 32.1. The van der Waals surface area contributed by atoms with Gasteiger partial charge < -0.3 is 10.6 Å². The van der Waals surface area contributed by atoms with Crippen LogP contribution in [-0.4, -0.2) is 55.3 Å². The molecule has 0 bridgehead atoms. The first-order chi connectivity index (χ1) is 10.3. The Morgan fingerprint density at radius 2 is 2.05 bits per heavy atom. The van der Waals surface area contributed by atoms with Crippen molar-refractivity contribution in [2.75, 3.05) is 33.2 Å². The number of carbonyl (C=O) groups is 1. The lowest BCUT2D eigenvalue weighted by molar-refractivity contribution is -0.143. The van der Waals surface area contributed by atoms with Crippen molar-refractivity contribution in [1.29, 1.82) is 0 Å². The Kier molecular flexibility index (Phi) is 7.60. The Morgan fingerprint density at radius 1 is 1.36 bits per heavy atom. The molecule has 0 saturated heterocycles. The molecule has 0 aromatic carbocycles. The molecule has 0 aliphatic heterocycles. The molecule has 0 aliphatic rings. The lowest BCUT2D eigenvalue weighted by atomic mass is 10.3. The zero-order chi connectivity index (χ0) is 16.6. The third kappa shape index (κ3) is 8.83. The summed E-state index contributed by atoms with van der Waals surface area (Å²) in [5.74, 6) is 0. The molecule has 0 atom stereocenters. The summed E-state index contributed by atoms with van der Waals surface area (Å²) in [6, 6.07) is -0.314. The summed E-state index contributed by atoms with van der Waals surface area (Å²) in [5.41, 5.74) is 0.941. The molecule has 0 radical (unpaired) electrons. The first-order valence-electron chi connectivity index (χ1n) is 6.94. The fraction of sp³-hybridized carbons (Fsp3) is 0.692. The maximum absolute atomic E-state index is 12.1. The first-order valence-corrected chi connectivity index (χ1v) is 7.82. The minimum Gasteiger partial charge on any atom is -0.338 e. The van der Waals surface area contributed by atoms with Gasteiger partial charge in [0, 0.05) is 24.9 Å². The molecule has 2 amide bonds. The van der Waals surface area contributed by atoms with E-state index >= 15 is 0 Å². The molecule has 1 rings (SSSR count). The summed E-state index contributed by atoms with van der Waals surface area (Å²) in [6.45, 7) is 2.07. The van der Waals surface area contributed by atoms with E-state index in [2.05, 4.69) is 15.6 Å². The van der Waals surface area contributed by atoms with Crippen LogP contribution in [0.2, 0.25) is 0 Å². The van der Waals surface area contributed by atoms with Gasteiger partial charge in [-0.1, -0.05) is 0 Å². The van der Waals surface area contributed by atoms with Crippen LogP contribution in [-0.2, 0) is 6.42 Å². The highest BCUT2D eigenvalue weighted by Gasteiger charge is 2.28. The molecule has 2 N–H and O–H groups in total. The van der Waals surface area contributed by atoms with Crippen molar-refractivity contribution >= 4 is 17.4 Å². The zero-order valence-electron chi connectivity index (χ0n) is 12.7. The number of hydrogen-bond acceptors (Lipinski definition) is 4. The number of alkyl halides is 3. The van der Waals surface area contributed by atoms with Crippen LogP contribution in [0.3, 0.4) is 0 Å². The highest BCUT2D eigenvalue weighted by molar-refractivity contribution is 7.09. The van der Waals surface area contributed by atoms with Gasteiger partial charge in [0.2, 0.25) is 0 Å². The van der Waals surface area contributed by atoms with Crippen molar-refractivity contribution in [1.82, 2.24) is 20.5 Å². The predicted molar refractivity (Wildman–Crippen MR) is 80.1 cm³/mol. The normalized spacial score (nSPS) is 11.7. The van der Waals surface area contributed by atoms with E-state index in [1.807, 2.05) is 12.3 Å². The number of amides is 2. The zero-order valence-corrected chi connectivity index (χ0v) is 13.5. The fourth-order valence-corrected chi connectivity index (χ4v) is 2.47. The molecule has 126 valence electrons. The van der Waals surface area contributed by atoms with Gasteiger partial charge in [-0.2, -0.15) is 13.2 Å². The van der Waals surface area contributed by atoms with Gasteiger partial charge in [-0.3, -0.25) is 4.90 Å². The largest absolute Gasteiger partial charge is 0.401 e. The van der Waals surface area contributed by atoms with Gasteiger partial charge in [0.05, 0.1) is 17.2 Å². The maximum atomic E-state index is 12.1. The summed E-state index contributed by atoms with van der Waals surface area (Å²) in [4.78, 5) is 16.9. The van der Waals surface area contributed by atoms with Crippen molar-refractivity contribution in [2.45, 2.75) is 25.9 Å². The van der Waals surface area contributed by atoms with Gasteiger partial charge in [0.15, 0.2) is 0 Å². The number of halogens is 3. The molecule has 0 unspecified atom stereocenters. The van der Waals surface area contributed by atoms with Crippen LogP contribution >= 0.6 is 11.3 Å². The third-order valence-corrected chi connectivity index (χ3v) is 3.61. The standard InChI is InChI=1S/C13H21F3N4OS/c1-10-19-11(8-22-10)4-6-18-12(21)17-5-3-7-20(2)9-13(14,15)16/h8H,3-7,9H2,1-2H3,(H2,17,18,21). The number of thiazole rings is 1. The van der Waals surface area contributed by atoms with Gasteiger partial charge in [-0.05, 0) is 26.9 Å². The van der Waals surface area contributed by atoms with Crippen molar-refractivity contribution in [2.24, 2.45) is 0 Å². The second-order valence-electron chi connectivity index (χ2n) is 5.00. The molecular formula is C13H21F3N4OS. The average Bonchev–Trinajstić information content (AvgIpc) is 2.78. The summed E-state index contributed by atoms with van der Waals surface area (Å²) in [6.07, 6.45) is -3.06. The van der Waals surface area contributed by atoms with E-state index in [0.717, 1.165) is 10.7 Å². The van der Waals surface area contributed by atoms with E-state index in [9.17, 15) is 18.0 Å². The van der Waals surface area contributed by atoms with E-state index < -0.39 is 12.7 Å². The average molecular weight is 338 g/mol. The Hall–Kier alpha value is -1.35. The van der Waals surface area contributed by atoms with Gasteiger partial charge in [0.25, 0.3) is 0 Å². The lowest BCUT2D eigenvalue weighted by Gasteiger charge is -2.18. The van der Waals surface area contributed by atoms with Crippen LogP contribution in [0.15, 0.2) is 5.38 Å². The summed E-state index contributed by atoms with van der Waals surface area (Å²) < 4.78 is 36.3. The van der Waals surface area contributed by atoms with Crippen LogP contribution in [0.1, 0.15) is 17.1 Å². The number of carbonyl (C=O) groups excluding carboxylic acids is 1. The molecule has 0 saturated carbocycles. The van der Waals surface area contributed by atoms with Crippen LogP contribution in [0, 0.1) is 6.92 Å². The number of nitrogens with one attached hydrogen (secondary N) is 2. The second-order valence-corrected chi connectivity index (χ2v) is 6.06. The van der Waals surface area contributed by atoms with Gasteiger partial charge in [-0.15, -0.1) is 11.3 Å². The molecular weight excluding hydrogens is 317 g/mol. The highest BCUT2D eigenvalue weighted by Crippen LogP contribution is 2.15. The third-order valence-electron chi connectivity index (χ3n) is 2.78. The molecule has 0 aliphatic carbocycles. The van der Waals surface area contributed by atoms with Crippen LogP contribution < -0.4 is 10.6 Å². The van der Waals surface area contributed by atoms with Crippen LogP contribution in [0.25, 0.3) is 0 Å². The molecule has 0 spiro atoms. The first kappa shape index (κ1) is 18.7. The minimum atomic E-state index is -4.19. The number of aryl methyl sites for hydroxylation is 1. The number of aromatic nitrogens is 1. The molecule has 5 nitrogen and oxygen atoms in total. The molecule has 9 heteroatoms. The quantitative estimate of drug-likeness (QED) is 0.715. The van der Waals surface area contributed by atoms with E-state index in [0.29, 0.717) is 25.9 Å². The van der Waals surface area contributed by atoms with Crippen molar-refractivity contribution in [3.63, 3.8) is 0 Å². The number of rotatable bonds is 8. The van der Waals surface area contributed by atoms with Crippen LogP contribution in [0.5, 0.6) is 0 Å². The summed E-state index contributed by atoms with van der Waals surface area (Å²) in [7, 11) is 1.41. The van der Waals surface area contributed by atoms with Crippen molar-refractivity contribution < 1.29 is 18.0 Å². The number of urea groups is 1. The van der Waals surface area contributed by atoms with E-state index in [4.69, 9.17) is 0 Å². The second kappa shape index (κ2) is 8.94. The molecule has 1 aromatic heterocycles. The number of hydrogen-bond donors (Lipinski definition) is 2. The van der Waals surface area contributed by atoms with Gasteiger partial charge >= 0.3 is 12.2 Å². The number of nitrogens with zero attached hydrogens (tertiary/aromatic N) is 2. The molecule has 1 aromatic rings. The monoisotopic (exact) mass is 338 g/mol. The summed E-state index contributed by atoms with van der Waals surface area (Å²) >= 11 is 1.56. The Morgan fingerprint density at radius 3 is 2.64 bits per heavy atom. The predicted octanol–water partition coefficient (Wildman–Crippen LogP) is 2.18.